The summed E-state index contributed by atoms with van der Waals surface area (Å²) in [5, 5.41) is 5.37. The van der Waals surface area contributed by atoms with Crippen molar-refractivity contribution in [1.29, 1.82) is 0 Å². The van der Waals surface area contributed by atoms with Gasteiger partial charge < -0.3 is 4.74 Å². The second-order valence-corrected chi connectivity index (χ2v) is 4.89. The zero-order valence-electron chi connectivity index (χ0n) is 8.79. The van der Waals surface area contributed by atoms with Gasteiger partial charge in [-0.05, 0) is 30.7 Å². The number of carbonyl (C=O) groups excluding carboxylic acids is 1. The van der Waals surface area contributed by atoms with Crippen LogP contribution in [0.5, 0.6) is 0 Å². The molecule has 3 nitrogen and oxygen atoms in total. The standard InChI is InChI=1S/C11H15NO2S/c1-14-10(13)11(5-3-6-11)12-8-9-4-2-7-15-9/h2,4,7,12H,3,5-6,8H2,1H3. The van der Waals surface area contributed by atoms with Crippen molar-refractivity contribution in [3.8, 4) is 0 Å². The van der Waals surface area contributed by atoms with Crippen LogP contribution in [-0.4, -0.2) is 18.6 Å². The molecule has 15 heavy (non-hydrogen) atoms. The van der Waals surface area contributed by atoms with Gasteiger partial charge in [0.15, 0.2) is 0 Å². The molecular formula is C11H15NO2S. The van der Waals surface area contributed by atoms with Gasteiger partial charge in [0.25, 0.3) is 0 Å². The van der Waals surface area contributed by atoms with E-state index < -0.39 is 5.54 Å². The highest BCUT2D eigenvalue weighted by molar-refractivity contribution is 7.09. The fourth-order valence-electron chi connectivity index (χ4n) is 1.85. The van der Waals surface area contributed by atoms with Crippen molar-refractivity contribution in [2.24, 2.45) is 0 Å². The smallest absolute Gasteiger partial charge is 0.326 e. The Morgan fingerprint density at radius 3 is 2.93 bits per heavy atom. The molecule has 0 bridgehead atoms. The Kier molecular flexibility index (Phi) is 3.07. The van der Waals surface area contributed by atoms with E-state index in [-0.39, 0.29) is 5.97 Å². The van der Waals surface area contributed by atoms with Gasteiger partial charge in [-0.1, -0.05) is 6.07 Å². The zero-order valence-corrected chi connectivity index (χ0v) is 9.60. The Morgan fingerprint density at radius 2 is 2.47 bits per heavy atom. The third-order valence-corrected chi connectivity index (χ3v) is 3.84. The van der Waals surface area contributed by atoms with Crippen LogP contribution in [0.25, 0.3) is 0 Å². The summed E-state index contributed by atoms with van der Waals surface area (Å²) in [6, 6.07) is 4.09. The molecule has 1 heterocycles. The number of methoxy groups -OCH3 is 1. The number of ether oxygens (including phenoxy) is 1. The first-order chi connectivity index (χ1) is 7.27. The lowest BCUT2D eigenvalue weighted by atomic mass is 9.76. The van der Waals surface area contributed by atoms with Crippen LogP contribution in [0.4, 0.5) is 0 Å². The Hall–Kier alpha value is -0.870. The number of nitrogens with one attached hydrogen (secondary N) is 1. The highest BCUT2D eigenvalue weighted by Crippen LogP contribution is 2.33. The van der Waals surface area contributed by atoms with Crippen molar-refractivity contribution in [2.45, 2.75) is 31.3 Å². The predicted octanol–water partition coefficient (Wildman–Crippen LogP) is 1.93. The van der Waals surface area contributed by atoms with E-state index in [1.54, 1.807) is 11.3 Å². The summed E-state index contributed by atoms with van der Waals surface area (Å²) in [5.41, 5.74) is -0.404. The van der Waals surface area contributed by atoms with Gasteiger partial charge in [-0.15, -0.1) is 11.3 Å². The van der Waals surface area contributed by atoms with Crippen molar-refractivity contribution in [1.82, 2.24) is 5.32 Å². The number of carbonyl (C=O) groups is 1. The van der Waals surface area contributed by atoms with Crippen LogP contribution in [0.3, 0.4) is 0 Å². The summed E-state index contributed by atoms with van der Waals surface area (Å²) in [6.45, 7) is 0.757. The molecule has 0 unspecified atom stereocenters. The average molecular weight is 225 g/mol. The summed E-state index contributed by atoms with van der Waals surface area (Å²) in [4.78, 5) is 12.8. The van der Waals surface area contributed by atoms with Crippen LogP contribution in [0.1, 0.15) is 24.1 Å². The fourth-order valence-corrected chi connectivity index (χ4v) is 2.49. The molecular weight excluding hydrogens is 210 g/mol. The molecule has 0 saturated heterocycles. The highest BCUT2D eigenvalue weighted by atomic mass is 32.1. The van der Waals surface area contributed by atoms with Gasteiger partial charge in [0.05, 0.1) is 7.11 Å². The van der Waals surface area contributed by atoms with Crippen LogP contribution in [0.2, 0.25) is 0 Å². The topological polar surface area (TPSA) is 38.3 Å². The molecule has 0 aromatic carbocycles. The number of hydrogen-bond acceptors (Lipinski definition) is 4. The largest absolute Gasteiger partial charge is 0.468 e. The zero-order chi connectivity index (χ0) is 10.7. The van der Waals surface area contributed by atoms with Gasteiger partial charge in [0, 0.05) is 11.4 Å². The molecule has 1 aliphatic carbocycles. The highest BCUT2D eigenvalue weighted by Gasteiger charge is 2.44. The fraction of sp³-hybridized carbons (Fsp3) is 0.545. The van der Waals surface area contributed by atoms with Crippen molar-refractivity contribution in [2.75, 3.05) is 7.11 Å². The number of thiophene rings is 1. The van der Waals surface area contributed by atoms with Gasteiger partial charge in [-0.3, -0.25) is 10.1 Å². The van der Waals surface area contributed by atoms with Crippen molar-refractivity contribution >= 4 is 17.3 Å². The predicted molar refractivity (Wildman–Crippen MR) is 59.8 cm³/mol. The Labute approximate surface area is 93.4 Å². The van der Waals surface area contributed by atoms with Crippen LogP contribution < -0.4 is 5.32 Å². The Bertz CT molecular complexity index is 330. The maximum atomic E-state index is 11.6. The SMILES string of the molecule is COC(=O)C1(NCc2cccs2)CCC1. The monoisotopic (exact) mass is 225 g/mol. The lowest BCUT2D eigenvalue weighted by Gasteiger charge is -2.39. The van der Waals surface area contributed by atoms with E-state index in [9.17, 15) is 4.79 Å². The van der Waals surface area contributed by atoms with Gasteiger partial charge in [-0.25, -0.2) is 0 Å². The van der Waals surface area contributed by atoms with Crippen molar-refractivity contribution < 1.29 is 9.53 Å². The molecule has 1 fully saturated rings. The normalized spacial score (nSPS) is 18.2. The third kappa shape index (κ3) is 2.06. The average Bonchev–Trinajstić information content (AvgIpc) is 2.68. The van der Waals surface area contributed by atoms with Crippen LogP contribution in [-0.2, 0) is 16.1 Å². The molecule has 1 aliphatic rings. The first-order valence-electron chi connectivity index (χ1n) is 5.13. The minimum Gasteiger partial charge on any atom is -0.468 e. The van der Waals surface area contributed by atoms with Crippen LogP contribution in [0.15, 0.2) is 17.5 Å². The number of hydrogen-bond donors (Lipinski definition) is 1. The van der Waals surface area contributed by atoms with Crippen LogP contribution in [0, 0.1) is 0 Å². The minimum atomic E-state index is -0.404. The third-order valence-electron chi connectivity index (χ3n) is 2.96. The van der Waals surface area contributed by atoms with Gasteiger partial charge in [-0.2, -0.15) is 0 Å². The van der Waals surface area contributed by atoms with Gasteiger partial charge in [0.2, 0.25) is 0 Å². The van der Waals surface area contributed by atoms with E-state index in [0.717, 1.165) is 25.8 Å². The molecule has 1 saturated carbocycles. The molecule has 1 aromatic heterocycles. The molecule has 0 radical (unpaired) electrons. The molecule has 1 aromatic rings. The molecule has 82 valence electrons. The van der Waals surface area contributed by atoms with E-state index in [0.29, 0.717) is 0 Å². The van der Waals surface area contributed by atoms with Gasteiger partial charge in [0.1, 0.15) is 5.54 Å². The summed E-state index contributed by atoms with van der Waals surface area (Å²) in [5.74, 6) is -0.120. The molecule has 2 rings (SSSR count). The van der Waals surface area contributed by atoms with Crippen molar-refractivity contribution in [3.63, 3.8) is 0 Å². The van der Waals surface area contributed by atoms with E-state index in [1.165, 1.54) is 12.0 Å². The molecule has 0 spiro atoms. The Balaban J connectivity index is 1.94. The van der Waals surface area contributed by atoms with E-state index in [4.69, 9.17) is 4.74 Å². The van der Waals surface area contributed by atoms with Gasteiger partial charge >= 0.3 is 5.97 Å². The lowest BCUT2D eigenvalue weighted by molar-refractivity contribution is -0.152. The second-order valence-electron chi connectivity index (χ2n) is 3.86. The maximum absolute atomic E-state index is 11.6. The number of rotatable bonds is 4. The second kappa shape index (κ2) is 4.33. The van der Waals surface area contributed by atoms with E-state index in [2.05, 4.69) is 11.4 Å². The molecule has 1 N–H and O–H groups in total. The molecule has 0 aliphatic heterocycles. The first-order valence-corrected chi connectivity index (χ1v) is 6.01. The van der Waals surface area contributed by atoms with Crippen molar-refractivity contribution in [3.05, 3.63) is 22.4 Å². The quantitative estimate of drug-likeness (QED) is 0.796. The molecule has 0 atom stereocenters. The minimum absolute atomic E-state index is 0.120. The molecule has 0 amide bonds. The lowest BCUT2D eigenvalue weighted by Crippen LogP contribution is -2.57. The molecule has 4 heteroatoms. The first kappa shape index (κ1) is 10.6. The Morgan fingerprint density at radius 1 is 1.67 bits per heavy atom. The number of esters is 1. The summed E-state index contributed by atoms with van der Waals surface area (Å²) in [7, 11) is 1.45. The van der Waals surface area contributed by atoms with E-state index in [1.807, 2.05) is 11.4 Å². The maximum Gasteiger partial charge on any atom is 0.326 e. The summed E-state index contributed by atoms with van der Waals surface area (Å²) in [6.07, 6.45) is 2.89. The van der Waals surface area contributed by atoms with Crippen LogP contribution >= 0.6 is 11.3 Å². The van der Waals surface area contributed by atoms with E-state index >= 15 is 0 Å². The summed E-state index contributed by atoms with van der Waals surface area (Å²) < 4.78 is 4.83. The summed E-state index contributed by atoms with van der Waals surface area (Å²) >= 11 is 1.70.